The highest BCUT2D eigenvalue weighted by atomic mass is 16.5. The van der Waals surface area contributed by atoms with E-state index in [1.54, 1.807) is 4.68 Å². The average Bonchev–Trinajstić information content (AvgIpc) is 2.71. The van der Waals surface area contributed by atoms with Crippen LogP contribution in [0.2, 0.25) is 0 Å². The molecule has 0 spiro atoms. The van der Waals surface area contributed by atoms with Gasteiger partial charge in [-0.1, -0.05) is 6.92 Å². The first kappa shape index (κ1) is 15.8. The predicted octanol–water partition coefficient (Wildman–Crippen LogP) is 0.835. The number of aromatic carboxylic acids is 1. The fourth-order valence-electron chi connectivity index (χ4n) is 2.88. The number of nitrogen functional groups attached to an aromatic ring is 1. The lowest BCUT2D eigenvalue weighted by Gasteiger charge is -2.35. The molecule has 2 atom stereocenters. The van der Waals surface area contributed by atoms with Crippen LogP contribution in [0.4, 0.5) is 5.82 Å². The summed E-state index contributed by atoms with van der Waals surface area (Å²) in [6.45, 7) is 9.11. The van der Waals surface area contributed by atoms with Gasteiger partial charge >= 0.3 is 5.97 Å². The number of anilines is 1. The Bertz CT molecular complexity index is 505. The quantitative estimate of drug-likeness (QED) is 0.836. The lowest BCUT2D eigenvalue weighted by Crippen LogP contribution is -2.46. The molecule has 0 unspecified atom stereocenters. The highest BCUT2D eigenvalue weighted by Crippen LogP contribution is 2.18. The monoisotopic (exact) mass is 296 g/mol. The summed E-state index contributed by atoms with van der Waals surface area (Å²) in [6.07, 6.45) is 0.985. The van der Waals surface area contributed by atoms with E-state index in [0.29, 0.717) is 18.7 Å². The van der Waals surface area contributed by atoms with Crippen LogP contribution in [0.3, 0.4) is 0 Å². The summed E-state index contributed by atoms with van der Waals surface area (Å²) in [4.78, 5) is 13.5. The van der Waals surface area contributed by atoms with Gasteiger partial charge in [-0.15, -0.1) is 0 Å². The van der Waals surface area contributed by atoms with Gasteiger partial charge in [0, 0.05) is 19.6 Å². The SMILES string of the molecule is CCc1nn(CCN2C[C@@H](C)O[C@@H](C)C2)c(N)c1C(=O)O. The van der Waals surface area contributed by atoms with Gasteiger partial charge in [-0.25, -0.2) is 9.48 Å². The Morgan fingerprint density at radius 1 is 1.38 bits per heavy atom. The van der Waals surface area contributed by atoms with E-state index in [9.17, 15) is 9.90 Å². The molecule has 7 nitrogen and oxygen atoms in total. The number of carbonyl (C=O) groups is 1. The van der Waals surface area contributed by atoms with Crippen LogP contribution in [-0.2, 0) is 17.7 Å². The van der Waals surface area contributed by atoms with Crippen LogP contribution >= 0.6 is 0 Å². The summed E-state index contributed by atoms with van der Waals surface area (Å²) < 4.78 is 7.30. The third-order valence-corrected chi connectivity index (χ3v) is 3.74. The summed E-state index contributed by atoms with van der Waals surface area (Å²) in [5.41, 5.74) is 6.61. The zero-order valence-electron chi connectivity index (χ0n) is 12.9. The molecule has 7 heteroatoms. The summed E-state index contributed by atoms with van der Waals surface area (Å²) in [6, 6.07) is 0. The second kappa shape index (κ2) is 6.44. The van der Waals surface area contributed by atoms with Crippen LogP contribution in [-0.4, -0.2) is 57.6 Å². The van der Waals surface area contributed by atoms with Crippen molar-refractivity contribution in [1.82, 2.24) is 14.7 Å². The van der Waals surface area contributed by atoms with Crippen molar-refractivity contribution in [3.05, 3.63) is 11.3 Å². The molecule has 1 saturated heterocycles. The zero-order chi connectivity index (χ0) is 15.6. The highest BCUT2D eigenvalue weighted by Gasteiger charge is 2.24. The number of nitrogens with two attached hydrogens (primary N) is 1. The van der Waals surface area contributed by atoms with Crippen molar-refractivity contribution in [2.75, 3.05) is 25.4 Å². The number of aryl methyl sites for hydroxylation is 1. The largest absolute Gasteiger partial charge is 0.477 e. The van der Waals surface area contributed by atoms with E-state index in [2.05, 4.69) is 23.8 Å². The molecule has 118 valence electrons. The number of morpholine rings is 1. The molecule has 0 bridgehead atoms. The number of hydrogen-bond acceptors (Lipinski definition) is 5. The molecule has 21 heavy (non-hydrogen) atoms. The summed E-state index contributed by atoms with van der Waals surface area (Å²) in [5.74, 6) is -0.766. The topological polar surface area (TPSA) is 93.6 Å². The lowest BCUT2D eigenvalue weighted by atomic mass is 10.2. The van der Waals surface area contributed by atoms with Gasteiger partial charge in [0.05, 0.1) is 24.4 Å². The number of carboxylic acids is 1. The molecule has 0 radical (unpaired) electrons. The van der Waals surface area contributed by atoms with E-state index >= 15 is 0 Å². The standard InChI is InChI=1S/C14H24N4O3/c1-4-11-12(14(19)20)13(15)18(16-11)6-5-17-7-9(2)21-10(3)8-17/h9-10H,4-8,15H2,1-3H3,(H,19,20)/t9-,10+. The van der Waals surface area contributed by atoms with Crippen LogP contribution in [0.25, 0.3) is 0 Å². The van der Waals surface area contributed by atoms with Gasteiger partial charge in [-0.3, -0.25) is 4.90 Å². The first-order chi connectivity index (χ1) is 9.92. The molecule has 2 heterocycles. The molecule has 0 aromatic carbocycles. The van der Waals surface area contributed by atoms with Crippen molar-refractivity contribution in [3.63, 3.8) is 0 Å². The maximum atomic E-state index is 11.2. The van der Waals surface area contributed by atoms with Crippen molar-refractivity contribution in [1.29, 1.82) is 0 Å². The molecule has 1 aliphatic rings. The number of aromatic nitrogens is 2. The van der Waals surface area contributed by atoms with Crippen LogP contribution in [0.5, 0.6) is 0 Å². The first-order valence-electron chi connectivity index (χ1n) is 7.38. The Morgan fingerprint density at radius 3 is 2.48 bits per heavy atom. The van der Waals surface area contributed by atoms with E-state index in [1.807, 2.05) is 6.92 Å². The molecule has 1 aliphatic heterocycles. The fourth-order valence-corrected chi connectivity index (χ4v) is 2.88. The van der Waals surface area contributed by atoms with Crippen molar-refractivity contribution in [3.8, 4) is 0 Å². The highest BCUT2D eigenvalue weighted by molar-refractivity contribution is 5.94. The van der Waals surface area contributed by atoms with Gasteiger partial charge in [0.15, 0.2) is 0 Å². The molecular weight excluding hydrogens is 272 g/mol. The number of nitrogens with zero attached hydrogens (tertiary/aromatic N) is 3. The van der Waals surface area contributed by atoms with Gasteiger partial charge in [0.1, 0.15) is 11.4 Å². The van der Waals surface area contributed by atoms with E-state index in [0.717, 1.165) is 19.6 Å². The first-order valence-corrected chi connectivity index (χ1v) is 7.38. The Morgan fingerprint density at radius 2 is 2.00 bits per heavy atom. The molecule has 0 saturated carbocycles. The lowest BCUT2D eigenvalue weighted by molar-refractivity contribution is -0.0687. The summed E-state index contributed by atoms with van der Waals surface area (Å²) >= 11 is 0. The van der Waals surface area contributed by atoms with Crippen LogP contribution in [0.1, 0.15) is 36.8 Å². The van der Waals surface area contributed by atoms with E-state index in [-0.39, 0.29) is 23.6 Å². The summed E-state index contributed by atoms with van der Waals surface area (Å²) in [5, 5.41) is 13.5. The third-order valence-electron chi connectivity index (χ3n) is 3.74. The van der Waals surface area contributed by atoms with Crippen molar-refractivity contribution >= 4 is 11.8 Å². The third kappa shape index (κ3) is 3.54. The Hall–Kier alpha value is -1.60. The Kier molecular flexibility index (Phi) is 4.84. The van der Waals surface area contributed by atoms with E-state index in [1.165, 1.54) is 0 Å². The predicted molar refractivity (Wildman–Crippen MR) is 79.4 cm³/mol. The molecule has 0 aliphatic carbocycles. The fraction of sp³-hybridized carbons (Fsp3) is 0.714. The molecule has 1 aromatic heterocycles. The maximum absolute atomic E-state index is 11.2. The van der Waals surface area contributed by atoms with Gasteiger partial charge in [-0.2, -0.15) is 5.10 Å². The molecule has 1 fully saturated rings. The minimum absolute atomic E-state index is 0.140. The normalized spacial score (nSPS) is 23.4. The number of carboxylic acid groups (broad SMARTS) is 1. The Labute approximate surface area is 124 Å². The van der Waals surface area contributed by atoms with Gasteiger partial charge in [0.2, 0.25) is 0 Å². The average molecular weight is 296 g/mol. The van der Waals surface area contributed by atoms with Crippen LogP contribution < -0.4 is 5.73 Å². The number of rotatable bonds is 5. The number of hydrogen-bond donors (Lipinski definition) is 2. The molecule has 3 N–H and O–H groups in total. The number of ether oxygens (including phenoxy) is 1. The Balaban J connectivity index is 2.05. The van der Waals surface area contributed by atoms with Crippen molar-refractivity contribution in [2.24, 2.45) is 0 Å². The zero-order valence-corrected chi connectivity index (χ0v) is 12.9. The maximum Gasteiger partial charge on any atom is 0.341 e. The van der Waals surface area contributed by atoms with E-state index < -0.39 is 5.97 Å². The van der Waals surface area contributed by atoms with Gasteiger partial charge in [0.25, 0.3) is 0 Å². The van der Waals surface area contributed by atoms with E-state index in [4.69, 9.17) is 10.5 Å². The second-order valence-corrected chi connectivity index (χ2v) is 5.61. The minimum atomic E-state index is -1.01. The molecule has 0 amide bonds. The molecule has 1 aromatic rings. The second-order valence-electron chi connectivity index (χ2n) is 5.61. The molecule has 2 rings (SSSR count). The molecular formula is C14H24N4O3. The van der Waals surface area contributed by atoms with Crippen LogP contribution in [0, 0.1) is 0 Å². The van der Waals surface area contributed by atoms with Crippen molar-refractivity contribution in [2.45, 2.75) is 45.9 Å². The van der Waals surface area contributed by atoms with Gasteiger partial charge < -0.3 is 15.6 Å². The smallest absolute Gasteiger partial charge is 0.341 e. The van der Waals surface area contributed by atoms with Crippen molar-refractivity contribution < 1.29 is 14.6 Å². The minimum Gasteiger partial charge on any atom is -0.477 e. The van der Waals surface area contributed by atoms with Crippen LogP contribution in [0.15, 0.2) is 0 Å². The van der Waals surface area contributed by atoms with Gasteiger partial charge in [-0.05, 0) is 20.3 Å². The summed E-state index contributed by atoms with van der Waals surface area (Å²) in [7, 11) is 0.